The zero-order chi connectivity index (χ0) is 20.6. The molecular formula is C23H15F2N3O2. The third-order valence-corrected chi connectivity index (χ3v) is 6.02. The summed E-state index contributed by atoms with van der Waals surface area (Å²) in [5, 5.41) is 3.63. The van der Waals surface area contributed by atoms with Crippen molar-refractivity contribution >= 4 is 44.8 Å². The van der Waals surface area contributed by atoms with Gasteiger partial charge in [-0.1, -0.05) is 18.2 Å². The SMILES string of the molecule is O=C1NC(=O)C(c2cn3c4c(cccc24)CCC3)=C1c1c[nH]c2cc(F)c(F)cc12. The lowest BCUT2D eigenvalue weighted by Crippen LogP contribution is -2.22. The molecule has 0 saturated heterocycles. The van der Waals surface area contributed by atoms with Gasteiger partial charge in [-0.25, -0.2) is 8.78 Å². The van der Waals surface area contributed by atoms with Crippen LogP contribution in [-0.2, 0) is 22.6 Å². The number of nitrogens with one attached hydrogen (secondary N) is 2. The van der Waals surface area contributed by atoms with E-state index in [2.05, 4.69) is 20.9 Å². The van der Waals surface area contributed by atoms with Gasteiger partial charge in [-0.15, -0.1) is 0 Å². The second-order valence-corrected chi connectivity index (χ2v) is 7.70. The van der Waals surface area contributed by atoms with Gasteiger partial charge in [0.25, 0.3) is 11.8 Å². The molecule has 2 N–H and O–H groups in total. The molecule has 6 rings (SSSR count). The number of H-pyrrole nitrogens is 1. The van der Waals surface area contributed by atoms with E-state index in [9.17, 15) is 18.4 Å². The number of imide groups is 1. The standard InChI is InChI=1S/C23H15F2N3O2/c24-16-7-13-14(9-26-18(13)8-17(16)25)19-20(23(30)27-22(19)29)15-10-28-6-2-4-11-3-1-5-12(15)21(11)28/h1,3,5,7-10,26H,2,4,6H2,(H,27,29,30). The summed E-state index contributed by atoms with van der Waals surface area (Å²) in [6.07, 6.45) is 5.39. The maximum atomic E-state index is 13.9. The van der Waals surface area contributed by atoms with E-state index in [1.165, 1.54) is 11.8 Å². The number of rotatable bonds is 2. The highest BCUT2D eigenvalue weighted by atomic mass is 19.2. The number of hydrogen-bond acceptors (Lipinski definition) is 2. The summed E-state index contributed by atoms with van der Waals surface area (Å²) in [7, 11) is 0. The third kappa shape index (κ3) is 2.20. The molecular weight excluding hydrogens is 388 g/mol. The number of amides is 2. The Morgan fingerprint density at radius 2 is 1.70 bits per heavy atom. The molecule has 0 spiro atoms. The first-order valence-corrected chi connectivity index (χ1v) is 9.70. The number of fused-ring (bicyclic) bond motifs is 1. The minimum atomic E-state index is -1.01. The highest BCUT2D eigenvalue weighted by Crippen LogP contribution is 2.40. The Hall–Kier alpha value is -3.74. The molecule has 0 atom stereocenters. The van der Waals surface area contributed by atoms with Crippen molar-refractivity contribution in [3.63, 3.8) is 0 Å². The average molecular weight is 403 g/mol. The molecule has 7 heteroatoms. The van der Waals surface area contributed by atoms with Crippen LogP contribution in [0.5, 0.6) is 0 Å². The number of aryl methyl sites for hydroxylation is 2. The van der Waals surface area contributed by atoms with Crippen molar-refractivity contribution in [1.82, 2.24) is 14.9 Å². The Morgan fingerprint density at radius 1 is 0.933 bits per heavy atom. The molecule has 0 saturated carbocycles. The molecule has 4 aromatic rings. The van der Waals surface area contributed by atoms with Gasteiger partial charge in [-0.05, 0) is 24.5 Å². The van der Waals surface area contributed by atoms with Crippen LogP contribution in [0.4, 0.5) is 8.78 Å². The number of para-hydroxylation sites is 1. The topological polar surface area (TPSA) is 66.9 Å². The summed E-state index contributed by atoms with van der Waals surface area (Å²) in [6.45, 7) is 0.837. The van der Waals surface area contributed by atoms with Gasteiger partial charge in [0.1, 0.15) is 0 Å². The molecule has 0 fully saturated rings. The van der Waals surface area contributed by atoms with E-state index in [1.54, 1.807) is 0 Å². The molecule has 0 radical (unpaired) electrons. The Kier molecular flexibility index (Phi) is 3.36. The molecule has 2 aliphatic rings. The minimum Gasteiger partial charge on any atom is -0.360 e. The largest absolute Gasteiger partial charge is 0.360 e. The Labute approximate surface area is 169 Å². The molecule has 2 aromatic carbocycles. The second kappa shape index (κ2) is 5.89. The van der Waals surface area contributed by atoms with Crippen LogP contribution in [0, 0.1) is 11.6 Å². The molecule has 0 unspecified atom stereocenters. The Morgan fingerprint density at radius 3 is 2.53 bits per heavy atom. The molecule has 148 valence electrons. The third-order valence-electron chi connectivity index (χ3n) is 6.02. The fraction of sp³-hybridized carbons (Fsp3) is 0.130. The zero-order valence-electron chi connectivity index (χ0n) is 15.7. The monoisotopic (exact) mass is 403 g/mol. The minimum absolute atomic E-state index is 0.168. The summed E-state index contributed by atoms with van der Waals surface area (Å²) < 4.78 is 29.7. The predicted molar refractivity (Wildman–Crippen MR) is 108 cm³/mol. The number of aromatic nitrogens is 2. The number of hydrogen-bond donors (Lipinski definition) is 2. The Bertz CT molecular complexity index is 1460. The van der Waals surface area contributed by atoms with Crippen molar-refractivity contribution in [2.24, 2.45) is 0 Å². The fourth-order valence-corrected chi connectivity index (χ4v) is 4.75. The lowest BCUT2D eigenvalue weighted by atomic mass is 9.94. The molecule has 0 aliphatic carbocycles. The maximum absolute atomic E-state index is 13.9. The van der Waals surface area contributed by atoms with Gasteiger partial charge in [-0.3, -0.25) is 14.9 Å². The fourth-order valence-electron chi connectivity index (χ4n) is 4.75. The lowest BCUT2D eigenvalue weighted by molar-refractivity contribution is -0.122. The van der Waals surface area contributed by atoms with Gasteiger partial charge in [-0.2, -0.15) is 0 Å². The van der Waals surface area contributed by atoms with E-state index in [0.717, 1.165) is 42.4 Å². The quantitative estimate of drug-likeness (QED) is 0.499. The first-order chi connectivity index (χ1) is 14.5. The van der Waals surface area contributed by atoms with Crippen LogP contribution < -0.4 is 5.32 Å². The Balaban J connectivity index is 1.68. The van der Waals surface area contributed by atoms with Crippen LogP contribution in [-0.4, -0.2) is 21.4 Å². The highest BCUT2D eigenvalue weighted by Gasteiger charge is 2.35. The van der Waals surface area contributed by atoms with Crippen LogP contribution in [0.25, 0.3) is 33.0 Å². The molecule has 4 heterocycles. The summed E-state index contributed by atoms with van der Waals surface area (Å²) in [6, 6.07) is 8.07. The number of carbonyl (C=O) groups is 2. The van der Waals surface area contributed by atoms with Crippen LogP contribution in [0.2, 0.25) is 0 Å². The normalized spacial score (nSPS) is 16.2. The van der Waals surface area contributed by atoms with Gasteiger partial charge in [0.2, 0.25) is 0 Å². The number of halogens is 2. The lowest BCUT2D eigenvalue weighted by Gasteiger charge is -2.14. The predicted octanol–water partition coefficient (Wildman–Crippen LogP) is 3.91. The highest BCUT2D eigenvalue weighted by molar-refractivity contribution is 6.50. The van der Waals surface area contributed by atoms with Gasteiger partial charge in [0, 0.05) is 52.4 Å². The second-order valence-electron chi connectivity index (χ2n) is 7.70. The summed E-state index contributed by atoms with van der Waals surface area (Å²) in [5.74, 6) is -3.03. The molecule has 2 amide bonds. The van der Waals surface area contributed by atoms with E-state index in [-0.39, 0.29) is 11.1 Å². The van der Waals surface area contributed by atoms with E-state index in [4.69, 9.17) is 0 Å². The van der Waals surface area contributed by atoms with E-state index < -0.39 is 23.4 Å². The molecule has 2 aliphatic heterocycles. The van der Waals surface area contributed by atoms with Crippen molar-refractivity contribution in [2.45, 2.75) is 19.4 Å². The summed E-state index contributed by atoms with van der Waals surface area (Å²) >= 11 is 0. The smallest absolute Gasteiger partial charge is 0.259 e. The van der Waals surface area contributed by atoms with Gasteiger partial charge >= 0.3 is 0 Å². The summed E-state index contributed by atoms with van der Waals surface area (Å²) in [5.41, 5.74) is 4.10. The number of aromatic amines is 1. The molecule has 0 bridgehead atoms. The van der Waals surface area contributed by atoms with Crippen LogP contribution in [0.3, 0.4) is 0 Å². The van der Waals surface area contributed by atoms with E-state index in [0.29, 0.717) is 22.0 Å². The average Bonchev–Trinajstić information content (AvgIpc) is 3.37. The first-order valence-electron chi connectivity index (χ1n) is 9.70. The number of carbonyl (C=O) groups excluding carboxylic acids is 2. The van der Waals surface area contributed by atoms with Gasteiger partial charge < -0.3 is 9.55 Å². The molecule has 30 heavy (non-hydrogen) atoms. The first kappa shape index (κ1) is 17.1. The van der Waals surface area contributed by atoms with Crippen molar-refractivity contribution in [3.8, 4) is 0 Å². The van der Waals surface area contributed by atoms with Gasteiger partial charge in [0.05, 0.1) is 16.7 Å². The van der Waals surface area contributed by atoms with E-state index >= 15 is 0 Å². The maximum Gasteiger partial charge on any atom is 0.259 e. The van der Waals surface area contributed by atoms with Crippen LogP contribution in [0.1, 0.15) is 23.1 Å². The van der Waals surface area contributed by atoms with Gasteiger partial charge in [0.15, 0.2) is 11.6 Å². The van der Waals surface area contributed by atoms with Crippen molar-refractivity contribution in [1.29, 1.82) is 0 Å². The molecule has 5 nitrogen and oxygen atoms in total. The number of benzene rings is 2. The van der Waals surface area contributed by atoms with Crippen molar-refractivity contribution < 1.29 is 18.4 Å². The van der Waals surface area contributed by atoms with E-state index in [1.807, 2.05) is 18.3 Å². The van der Waals surface area contributed by atoms with Crippen molar-refractivity contribution in [3.05, 3.63) is 71.1 Å². The number of nitrogens with zero attached hydrogens (tertiary/aromatic N) is 1. The van der Waals surface area contributed by atoms with Crippen LogP contribution in [0.15, 0.2) is 42.7 Å². The van der Waals surface area contributed by atoms with Crippen molar-refractivity contribution in [2.75, 3.05) is 0 Å². The van der Waals surface area contributed by atoms with Crippen LogP contribution >= 0.6 is 0 Å². The molecule has 2 aromatic heterocycles. The zero-order valence-corrected chi connectivity index (χ0v) is 15.7. The summed E-state index contributed by atoms with van der Waals surface area (Å²) in [4.78, 5) is 28.5.